The number of nitrogens with zero attached hydrogens (tertiary/aromatic N) is 2. The van der Waals surface area contributed by atoms with Crippen molar-refractivity contribution in [1.82, 2.24) is 9.80 Å². The van der Waals surface area contributed by atoms with Gasteiger partial charge in [-0.25, -0.2) is 4.79 Å². The topological polar surface area (TPSA) is 43.8 Å². The Balaban J connectivity index is 2.48. The van der Waals surface area contributed by atoms with Gasteiger partial charge < -0.3 is 10.0 Å². The minimum atomic E-state index is -0.870. The Bertz CT molecular complexity index is 388. The molecule has 0 aliphatic heterocycles. The Morgan fingerprint density at radius 2 is 1.79 bits per heavy atom. The van der Waals surface area contributed by atoms with E-state index in [1.165, 1.54) is 0 Å². The zero-order valence-corrected chi connectivity index (χ0v) is 12.1. The summed E-state index contributed by atoms with van der Waals surface area (Å²) in [6, 6.07) is 7.15. The van der Waals surface area contributed by atoms with Crippen molar-refractivity contribution in [2.24, 2.45) is 0 Å². The third-order valence-corrected chi connectivity index (χ3v) is 3.13. The van der Waals surface area contributed by atoms with Crippen molar-refractivity contribution in [1.29, 1.82) is 0 Å². The number of carbonyl (C=O) groups is 1. The van der Waals surface area contributed by atoms with Gasteiger partial charge in [0, 0.05) is 6.54 Å². The molecule has 1 N–H and O–H groups in total. The van der Waals surface area contributed by atoms with Crippen LogP contribution in [0.5, 0.6) is 0 Å². The number of carboxylic acids is 1. The molecule has 0 spiro atoms. The standard InChI is InChI=1S/C15H24N2O2/c1-4-17(11-5-10-16(2)3)12-13-6-8-14(9-7-13)15(18)19/h6-9H,4-5,10-12H2,1-3H3,(H,18,19). The minimum absolute atomic E-state index is 0.347. The number of rotatable bonds is 8. The van der Waals surface area contributed by atoms with E-state index in [-0.39, 0.29) is 0 Å². The van der Waals surface area contributed by atoms with Crippen LogP contribution >= 0.6 is 0 Å². The Hall–Kier alpha value is -1.39. The molecule has 0 unspecified atom stereocenters. The van der Waals surface area contributed by atoms with Crippen molar-refractivity contribution in [3.8, 4) is 0 Å². The molecule has 0 aromatic heterocycles. The lowest BCUT2D eigenvalue weighted by Crippen LogP contribution is -2.26. The van der Waals surface area contributed by atoms with E-state index in [0.29, 0.717) is 5.56 Å². The van der Waals surface area contributed by atoms with E-state index in [1.54, 1.807) is 12.1 Å². The van der Waals surface area contributed by atoms with Crippen LogP contribution in [-0.2, 0) is 6.54 Å². The molecule has 0 saturated heterocycles. The van der Waals surface area contributed by atoms with Gasteiger partial charge in [0.2, 0.25) is 0 Å². The quantitative estimate of drug-likeness (QED) is 0.781. The Morgan fingerprint density at radius 1 is 1.16 bits per heavy atom. The minimum Gasteiger partial charge on any atom is -0.478 e. The summed E-state index contributed by atoms with van der Waals surface area (Å²) in [5, 5.41) is 8.86. The monoisotopic (exact) mass is 264 g/mol. The van der Waals surface area contributed by atoms with Crippen LogP contribution in [0.25, 0.3) is 0 Å². The van der Waals surface area contributed by atoms with Crippen molar-refractivity contribution in [2.75, 3.05) is 33.7 Å². The summed E-state index contributed by atoms with van der Waals surface area (Å²) < 4.78 is 0. The second-order valence-corrected chi connectivity index (χ2v) is 5.03. The van der Waals surface area contributed by atoms with Crippen LogP contribution in [0.15, 0.2) is 24.3 Å². The normalized spacial score (nSPS) is 11.2. The van der Waals surface area contributed by atoms with E-state index in [9.17, 15) is 4.79 Å². The van der Waals surface area contributed by atoms with Crippen molar-refractivity contribution >= 4 is 5.97 Å². The average Bonchev–Trinajstić information content (AvgIpc) is 2.37. The Morgan fingerprint density at radius 3 is 2.26 bits per heavy atom. The summed E-state index contributed by atoms with van der Waals surface area (Å²) in [6.07, 6.45) is 1.15. The first-order valence-electron chi connectivity index (χ1n) is 6.72. The molecule has 0 heterocycles. The number of benzene rings is 1. The second-order valence-electron chi connectivity index (χ2n) is 5.03. The Kier molecular flexibility index (Phi) is 6.53. The summed E-state index contributed by atoms with van der Waals surface area (Å²) in [5.74, 6) is -0.870. The fraction of sp³-hybridized carbons (Fsp3) is 0.533. The SMILES string of the molecule is CCN(CCCN(C)C)Cc1ccc(C(=O)O)cc1. The zero-order valence-electron chi connectivity index (χ0n) is 12.1. The summed E-state index contributed by atoms with van der Waals surface area (Å²) in [4.78, 5) is 15.3. The van der Waals surface area contributed by atoms with E-state index in [0.717, 1.165) is 38.2 Å². The van der Waals surface area contributed by atoms with E-state index < -0.39 is 5.97 Å². The molecule has 0 aliphatic rings. The fourth-order valence-corrected chi connectivity index (χ4v) is 1.97. The van der Waals surface area contributed by atoms with Crippen LogP contribution < -0.4 is 0 Å². The molecule has 0 saturated carbocycles. The number of aromatic carboxylic acids is 1. The molecule has 0 atom stereocenters. The molecular formula is C15H24N2O2. The van der Waals surface area contributed by atoms with Crippen molar-refractivity contribution in [2.45, 2.75) is 19.9 Å². The van der Waals surface area contributed by atoms with Crippen molar-refractivity contribution in [3.05, 3.63) is 35.4 Å². The maximum Gasteiger partial charge on any atom is 0.335 e. The first-order valence-corrected chi connectivity index (χ1v) is 6.72. The second kappa shape index (κ2) is 7.92. The Labute approximate surface area is 115 Å². The molecule has 0 aliphatic carbocycles. The fourth-order valence-electron chi connectivity index (χ4n) is 1.97. The van der Waals surface area contributed by atoms with Gasteiger partial charge in [0.15, 0.2) is 0 Å². The lowest BCUT2D eigenvalue weighted by molar-refractivity contribution is 0.0697. The maximum absolute atomic E-state index is 10.8. The average molecular weight is 264 g/mol. The molecule has 0 bridgehead atoms. The summed E-state index contributed by atoms with van der Waals surface area (Å²) in [7, 11) is 4.17. The van der Waals surface area contributed by atoms with Crippen LogP contribution in [0.3, 0.4) is 0 Å². The third-order valence-electron chi connectivity index (χ3n) is 3.13. The molecule has 0 fully saturated rings. The molecule has 4 nitrogen and oxygen atoms in total. The summed E-state index contributed by atoms with van der Waals surface area (Å²) in [6.45, 7) is 6.20. The molecule has 19 heavy (non-hydrogen) atoms. The van der Waals surface area contributed by atoms with Gasteiger partial charge in [-0.05, 0) is 57.8 Å². The van der Waals surface area contributed by atoms with Crippen molar-refractivity contribution < 1.29 is 9.90 Å². The highest BCUT2D eigenvalue weighted by Crippen LogP contribution is 2.08. The molecule has 4 heteroatoms. The van der Waals surface area contributed by atoms with Crippen LogP contribution in [0.2, 0.25) is 0 Å². The predicted molar refractivity (Wildman–Crippen MR) is 77.5 cm³/mol. The zero-order chi connectivity index (χ0) is 14.3. The van der Waals surface area contributed by atoms with E-state index in [4.69, 9.17) is 5.11 Å². The van der Waals surface area contributed by atoms with Crippen LogP contribution in [0, 0.1) is 0 Å². The molecule has 1 aromatic rings. The summed E-state index contributed by atoms with van der Waals surface area (Å²) >= 11 is 0. The molecule has 0 amide bonds. The van der Waals surface area contributed by atoms with E-state index >= 15 is 0 Å². The predicted octanol–water partition coefficient (Wildman–Crippen LogP) is 2.16. The molecule has 1 rings (SSSR count). The van der Waals surface area contributed by atoms with Crippen LogP contribution in [-0.4, -0.2) is 54.6 Å². The number of hydrogen-bond acceptors (Lipinski definition) is 3. The lowest BCUT2D eigenvalue weighted by Gasteiger charge is -2.21. The summed E-state index contributed by atoms with van der Waals surface area (Å²) in [5.41, 5.74) is 1.51. The van der Waals surface area contributed by atoms with Gasteiger partial charge in [-0.3, -0.25) is 4.90 Å². The van der Waals surface area contributed by atoms with Crippen molar-refractivity contribution in [3.63, 3.8) is 0 Å². The molecular weight excluding hydrogens is 240 g/mol. The van der Waals surface area contributed by atoms with E-state index in [2.05, 4.69) is 30.8 Å². The van der Waals surface area contributed by atoms with Gasteiger partial charge in [-0.15, -0.1) is 0 Å². The van der Waals surface area contributed by atoms with Crippen LogP contribution in [0.4, 0.5) is 0 Å². The van der Waals surface area contributed by atoms with Gasteiger partial charge in [0.05, 0.1) is 5.56 Å². The van der Waals surface area contributed by atoms with Gasteiger partial charge in [-0.2, -0.15) is 0 Å². The largest absolute Gasteiger partial charge is 0.478 e. The van der Waals surface area contributed by atoms with E-state index in [1.807, 2.05) is 12.1 Å². The molecule has 106 valence electrons. The maximum atomic E-state index is 10.8. The highest BCUT2D eigenvalue weighted by atomic mass is 16.4. The first-order chi connectivity index (χ1) is 9.02. The van der Waals surface area contributed by atoms with Crippen LogP contribution in [0.1, 0.15) is 29.3 Å². The first kappa shape index (κ1) is 15.7. The number of hydrogen-bond donors (Lipinski definition) is 1. The number of carboxylic acid groups (broad SMARTS) is 1. The third kappa shape index (κ3) is 5.85. The van der Waals surface area contributed by atoms with Gasteiger partial charge in [0.1, 0.15) is 0 Å². The lowest BCUT2D eigenvalue weighted by atomic mass is 10.1. The van der Waals surface area contributed by atoms with Gasteiger partial charge >= 0.3 is 5.97 Å². The highest BCUT2D eigenvalue weighted by Gasteiger charge is 2.06. The van der Waals surface area contributed by atoms with Gasteiger partial charge in [-0.1, -0.05) is 19.1 Å². The molecule has 1 aromatic carbocycles. The molecule has 0 radical (unpaired) electrons. The smallest absolute Gasteiger partial charge is 0.335 e. The van der Waals surface area contributed by atoms with Gasteiger partial charge in [0.25, 0.3) is 0 Å². The highest BCUT2D eigenvalue weighted by molar-refractivity contribution is 5.87.